The number of hydrogen-bond acceptors (Lipinski definition) is 4. The van der Waals surface area contributed by atoms with Gasteiger partial charge in [0.25, 0.3) is 10.0 Å². The summed E-state index contributed by atoms with van der Waals surface area (Å²) in [7, 11) is -2.18. The van der Waals surface area contributed by atoms with Crippen molar-refractivity contribution in [3.8, 4) is 5.75 Å². The first-order valence-corrected chi connectivity index (χ1v) is 6.59. The Balaban J connectivity index is 2.31. The fourth-order valence-electron chi connectivity index (χ4n) is 1.35. The van der Waals surface area contributed by atoms with Crippen LogP contribution in [0.15, 0.2) is 47.5 Å². The van der Waals surface area contributed by atoms with Crippen molar-refractivity contribution in [2.75, 3.05) is 11.8 Å². The highest BCUT2D eigenvalue weighted by Gasteiger charge is 2.15. The van der Waals surface area contributed by atoms with E-state index in [1.807, 2.05) is 0 Å². The number of ether oxygens (including phenoxy) is 1. The maximum absolute atomic E-state index is 12.0. The standard InChI is InChI=1S/C12H11N2O3S/c1-17-10-5-4-6-11(9-10)18(15,16)14-12-7-2-3-8-13-12/h3-9H,1H3,(H,13,14). The summed E-state index contributed by atoms with van der Waals surface area (Å²) in [6.45, 7) is 0. The second-order valence-corrected chi connectivity index (χ2v) is 5.11. The lowest BCUT2D eigenvalue weighted by Gasteiger charge is -2.08. The largest absolute Gasteiger partial charge is 0.497 e. The summed E-state index contributed by atoms with van der Waals surface area (Å²) >= 11 is 0. The molecule has 0 spiro atoms. The summed E-state index contributed by atoms with van der Waals surface area (Å²) < 4.78 is 31.4. The number of nitrogens with one attached hydrogen (secondary N) is 1. The van der Waals surface area contributed by atoms with E-state index in [0.717, 1.165) is 0 Å². The lowest BCUT2D eigenvalue weighted by molar-refractivity contribution is 0.413. The molecule has 1 N–H and O–H groups in total. The summed E-state index contributed by atoms with van der Waals surface area (Å²) in [4.78, 5) is 4.00. The maximum Gasteiger partial charge on any atom is 0.263 e. The summed E-state index contributed by atoms with van der Waals surface area (Å²) in [6.07, 6.45) is 1.46. The topological polar surface area (TPSA) is 68.3 Å². The van der Waals surface area contributed by atoms with Crippen molar-refractivity contribution in [1.82, 2.24) is 4.98 Å². The molecule has 5 nitrogen and oxygen atoms in total. The number of sulfonamides is 1. The van der Waals surface area contributed by atoms with Crippen molar-refractivity contribution < 1.29 is 13.2 Å². The Labute approximate surface area is 105 Å². The van der Waals surface area contributed by atoms with Gasteiger partial charge in [-0.2, -0.15) is 0 Å². The molecular formula is C12H11N2O3S. The van der Waals surface area contributed by atoms with Gasteiger partial charge in [-0.1, -0.05) is 6.07 Å². The minimum absolute atomic E-state index is 0.118. The van der Waals surface area contributed by atoms with Crippen LogP contribution in [-0.4, -0.2) is 20.5 Å². The average molecular weight is 263 g/mol. The fraction of sp³-hybridized carbons (Fsp3) is 0.0833. The predicted molar refractivity (Wildman–Crippen MR) is 66.9 cm³/mol. The molecule has 0 atom stereocenters. The van der Waals surface area contributed by atoms with E-state index in [2.05, 4.69) is 15.8 Å². The highest BCUT2D eigenvalue weighted by molar-refractivity contribution is 7.92. The van der Waals surface area contributed by atoms with Crippen LogP contribution in [0.2, 0.25) is 0 Å². The molecule has 0 saturated carbocycles. The Morgan fingerprint density at radius 2 is 2.22 bits per heavy atom. The lowest BCUT2D eigenvalue weighted by atomic mass is 10.3. The molecule has 1 heterocycles. The van der Waals surface area contributed by atoms with Gasteiger partial charge in [-0.15, -0.1) is 0 Å². The molecule has 1 aromatic carbocycles. The van der Waals surface area contributed by atoms with Gasteiger partial charge in [-0.3, -0.25) is 4.72 Å². The van der Waals surface area contributed by atoms with Crippen molar-refractivity contribution in [3.05, 3.63) is 48.7 Å². The number of pyridine rings is 1. The Morgan fingerprint density at radius 1 is 1.39 bits per heavy atom. The Kier molecular flexibility index (Phi) is 3.47. The molecule has 0 aliphatic carbocycles. The number of anilines is 1. The zero-order valence-electron chi connectivity index (χ0n) is 9.62. The van der Waals surface area contributed by atoms with Gasteiger partial charge in [0.1, 0.15) is 11.6 Å². The van der Waals surface area contributed by atoms with E-state index < -0.39 is 10.0 Å². The Bertz CT molecular complexity index is 627. The smallest absolute Gasteiger partial charge is 0.263 e. The van der Waals surface area contributed by atoms with Crippen molar-refractivity contribution in [2.45, 2.75) is 4.90 Å². The third-order valence-corrected chi connectivity index (χ3v) is 3.55. The monoisotopic (exact) mass is 263 g/mol. The SMILES string of the molecule is COc1cccc(S(=O)(=O)Nc2c[c]ccn2)c1. The second-order valence-electron chi connectivity index (χ2n) is 3.43. The molecule has 1 aromatic heterocycles. The first-order valence-electron chi connectivity index (χ1n) is 5.11. The van der Waals surface area contributed by atoms with Gasteiger partial charge in [-0.05, 0) is 30.3 Å². The normalized spacial score (nSPS) is 10.9. The molecule has 0 aliphatic rings. The molecule has 0 aliphatic heterocycles. The minimum Gasteiger partial charge on any atom is -0.497 e. The highest BCUT2D eigenvalue weighted by Crippen LogP contribution is 2.19. The van der Waals surface area contributed by atoms with Crippen LogP contribution in [0.3, 0.4) is 0 Å². The molecule has 0 bridgehead atoms. The van der Waals surface area contributed by atoms with Crippen LogP contribution in [0.5, 0.6) is 5.75 Å². The van der Waals surface area contributed by atoms with E-state index in [0.29, 0.717) is 5.75 Å². The fourth-order valence-corrected chi connectivity index (χ4v) is 2.38. The van der Waals surface area contributed by atoms with Gasteiger partial charge in [0.05, 0.1) is 12.0 Å². The number of benzene rings is 1. The quantitative estimate of drug-likeness (QED) is 0.911. The highest BCUT2D eigenvalue weighted by atomic mass is 32.2. The van der Waals surface area contributed by atoms with Gasteiger partial charge < -0.3 is 4.74 Å². The molecule has 2 aromatic rings. The van der Waals surface area contributed by atoms with Gasteiger partial charge in [0.2, 0.25) is 0 Å². The first kappa shape index (κ1) is 12.4. The number of rotatable bonds is 4. The summed E-state index contributed by atoms with van der Waals surface area (Å²) in [5.41, 5.74) is 0. The molecule has 0 saturated heterocycles. The Morgan fingerprint density at radius 3 is 2.89 bits per heavy atom. The number of nitrogens with zero attached hydrogens (tertiary/aromatic N) is 1. The van der Waals surface area contributed by atoms with Crippen LogP contribution in [-0.2, 0) is 10.0 Å². The third kappa shape index (κ3) is 2.78. The summed E-state index contributed by atoms with van der Waals surface area (Å²) in [5.74, 6) is 0.700. The number of methoxy groups -OCH3 is 1. The molecule has 2 rings (SSSR count). The molecule has 18 heavy (non-hydrogen) atoms. The number of hydrogen-bond donors (Lipinski definition) is 1. The molecule has 0 fully saturated rings. The third-order valence-electron chi connectivity index (χ3n) is 2.19. The minimum atomic E-state index is -3.66. The van der Waals surface area contributed by atoms with Crippen LogP contribution in [0.25, 0.3) is 0 Å². The zero-order chi connectivity index (χ0) is 13.0. The van der Waals surface area contributed by atoms with E-state index in [-0.39, 0.29) is 10.7 Å². The molecule has 93 valence electrons. The van der Waals surface area contributed by atoms with E-state index >= 15 is 0 Å². The van der Waals surface area contributed by atoms with Crippen LogP contribution < -0.4 is 9.46 Å². The molecule has 0 unspecified atom stereocenters. The van der Waals surface area contributed by atoms with E-state index in [1.54, 1.807) is 18.2 Å². The lowest BCUT2D eigenvalue weighted by Crippen LogP contribution is -2.13. The van der Waals surface area contributed by atoms with Crippen molar-refractivity contribution in [2.24, 2.45) is 0 Å². The molecule has 6 heteroatoms. The van der Waals surface area contributed by atoms with E-state index in [4.69, 9.17) is 4.74 Å². The van der Waals surface area contributed by atoms with Gasteiger partial charge >= 0.3 is 0 Å². The zero-order valence-corrected chi connectivity index (χ0v) is 10.4. The maximum atomic E-state index is 12.0. The molecular weight excluding hydrogens is 252 g/mol. The van der Waals surface area contributed by atoms with Gasteiger partial charge in [0.15, 0.2) is 0 Å². The van der Waals surface area contributed by atoms with Crippen LogP contribution in [0, 0.1) is 6.07 Å². The summed E-state index contributed by atoms with van der Waals surface area (Å²) in [5, 5.41) is 0. The predicted octanol–water partition coefficient (Wildman–Crippen LogP) is 1.69. The van der Waals surface area contributed by atoms with Crippen molar-refractivity contribution in [1.29, 1.82) is 0 Å². The number of aromatic nitrogens is 1. The van der Waals surface area contributed by atoms with E-state index in [9.17, 15) is 8.42 Å². The second kappa shape index (κ2) is 5.05. The van der Waals surface area contributed by atoms with Crippen LogP contribution in [0.1, 0.15) is 0 Å². The summed E-state index contributed by atoms with van der Waals surface area (Å²) in [6, 6.07) is 12.0. The van der Waals surface area contributed by atoms with Gasteiger partial charge in [-0.25, -0.2) is 13.4 Å². The van der Waals surface area contributed by atoms with Crippen LogP contribution >= 0.6 is 0 Å². The first-order chi connectivity index (χ1) is 8.62. The van der Waals surface area contributed by atoms with Gasteiger partial charge in [0, 0.05) is 12.3 Å². The molecule has 0 amide bonds. The van der Waals surface area contributed by atoms with Crippen molar-refractivity contribution in [3.63, 3.8) is 0 Å². The average Bonchev–Trinajstić information content (AvgIpc) is 2.39. The van der Waals surface area contributed by atoms with Crippen molar-refractivity contribution >= 4 is 15.8 Å². The Hall–Kier alpha value is -2.08. The van der Waals surface area contributed by atoms with E-state index in [1.165, 1.54) is 31.5 Å². The van der Waals surface area contributed by atoms with Crippen LogP contribution in [0.4, 0.5) is 5.82 Å². The molecule has 1 radical (unpaired) electrons.